The average molecular weight is 266 g/mol. The summed E-state index contributed by atoms with van der Waals surface area (Å²) in [5.41, 5.74) is 0.968. The molecule has 0 unspecified atom stereocenters. The molecule has 1 aromatic carbocycles. The molecule has 0 aliphatic rings. The molecule has 1 aromatic heterocycles. The Bertz CT molecular complexity index is 491. The standard InChI is InChI=1S/C11H8BrNO2/c12-10-4-2-1-3-9(10)11-6-5-8(15-11)7-13-14/h1-7,14H. The summed E-state index contributed by atoms with van der Waals surface area (Å²) in [7, 11) is 0. The maximum Gasteiger partial charge on any atom is 0.149 e. The van der Waals surface area contributed by atoms with Gasteiger partial charge in [-0.3, -0.25) is 0 Å². The van der Waals surface area contributed by atoms with Gasteiger partial charge in [0.05, 0.1) is 0 Å². The van der Waals surface area contributed by atoms with E-state index >= 15 is 0 Å². The average Bonchev–Trinajstić information content (AvgIpc) is 2.68. The van der Waals surface area contributed by atoms with Crippen molar-refractivity contribution in [1.82, 2.24) is 0 Å². The fourth-order valence-corrected chi connectivity index (χ4v) is 1.77. The second-order valence-electron chi connectivity index (χ2n) is 2.93. The Balaban J connectivity index is 2.42. The molecule has 0 atom stereocenters. The Morgan fingerprint density at radius 1 is 1.20 bits per heavy atom. The second kappa shape index (κ2) is 4.31. The van der Waals surface area contributed by atoms with Gasteiger partial charge in [-0.2, -0.15) is 0 Å². The van der Waals surface area contributed by atoms with E-state index in [1.807, 2.05) is 30.3 Å². The summed E-state index contributed by atoms with van der Waals surface area (Å²) in [5, 5.41) is 11.3. The van der Waals surface area contributed by atoms with Crippen LogP contribution in [-0.2, 0) is 0 Å². The van der Waals surface area contributed by atoms with Gasteiger partial charge in [-0.15, -0.1) is 0 Å². The lowest BCUT2D eigenvalue weighted by Gasteiger charge is -1.98. The summed E-state index contributed by atoms with van der Waals surface area (Å²) < 4.78 is 6.42. The molecule has 1 N–H and O–H groups in total. The van der Waals surface area contributed by atoms with Gasteiger partial charge >= 0.3 is 0 Å². The van der Waals surface area contributed by atoms with Gasteiger partial charge in [0.1, 0.15) is 17.7 Å². The first-order valence-corrected chi connectivity index (χ1v) is 5.13. The van der Waals surface area contributed by atoms with Crippen molar-refractivity contribution in [3.05, 3.63) is 46.6 Å². The maximum absolute atomic E-state index is 8.35. The summed E-state index contributed by atoms with van der Waals surface area (Å²) in [6.45, 7) is 0. The van der Waals surface area contributed by atoms with Crippen LogP contribution in [0.4, 0.5) is 0 Å². The zero-order valence-electron chi connectivity index (χ0n) is 7.72. The van der Waals surface area contributed by atoms with Crippen LogP contribution < -0.4 is 0 Å². The highest BCUT2D eigenvalue weighted by Crippen LogP contribution is 2.28. The lowest BCUT2D eigenvalue weighted by molar-refractivity contribution is 0.321. The number of rotatable bonds is 2. The topological polar surface area (TPSA) is 45.7 Å². The highest BCUT2D eigenvalue weighted by atomic mass is 79.9. The van der Waals surface area contributed by atoms with Crippen LogP contribution >= 0.6 is 15.9 Å². The van der Waals surface area contributed by atoms with Gasteiger partial charge in [-0.1, -0.05) is 39.3 Å². The second-order valence-corrected chi connectivity index (χ2v) is 3.78. The Morgan fingerprint density at radius 2 is 2.00 bits per heavy atom. The van der Waals surface area contributed by atoms with Crippen LogP contribution in [-0.4, -0.2) is 11.4 Å². The Labute approximate surface area is 95.2 Å². The smallest absolute Gasteiger partial charge is 0.149 e. The van der Waals surface area contributed by atoms with Crippen LogP contribution in [0.2, 0.25) is 0 Å². The third-order valence-corrected chi connectivity index (χ3v) is 2.64. The Morgan fingerprint density at radius 3 is 2.73 bits per heavy atom. The van der Waals surface area contributed by atoms with Crippen LogP contribution in [0, 0.1) is 0 Å². The molecule has 15 heavy (non-hydrogen) atoms. The van der Waals surface area contributed by atoms with E-state index in [1.54, 1.807) is 6.07 Å². The van der Waals surface area contributed by atoms with Crippen molar-refractivity contribution >= 4 is 22.1 Å². The molecule has 1 heterocycles. The van der Waals surface area contributed by atoms with E-state index in [0.29, 0.717) is 5.76 Å². The number of furan rings is 1. The molecule has 0 bridgehead atoms. The molecule has 0 saturated carbocycles. The minimum atomic E-state index is 0.517. The zero-order chi connectivity index (χ0) is 10.7. The highest BCUT2D eigenvalue weighted by molar-refractivity contribution is 9.10. The van der Waals surface area contributed by atoms with Crippen molar-refractivity contribution in [2.75, 3.05) is 0 Å². The number of halogens is 1. The van der Waals surface area contributed by atoms with Crippen LogP contribution in [0.25, 0.3) is 11.3 Å². The molecule has 76 valence electrons. The first-order chi connectivity index (χ1) is 7.31. The lowest BCUT2D eigenvalue weighted by Crippen LogP contribution is -1.76. The van der Waals surface area contributed by atoms with E-state index in [1.165, 1.54) is 6.21 Å². The van der Waals surface area contributed by atoms with Gasteiger partial charge in [0.15, 0.2) is 0 Å². The van der Waals surface area contributed by atoms with Gasteiger partial charge in [0, 0.05) is 10.0 Å². The minimum absolute atomic E-state index is 0.517. The number of benzene rings is 1. The number of hydrogen-bond donors (Lipinski definition) is 1. The van der Waals surface area contributed by atoms with Crippen molar-refractivity contribution in [1.29, 1.82) is 0 Å². The molecule has 4 heteroatoms. The minimum Gasteiger partial charge on any atom is -0.455 e. The van der Waals surface area contributed by atoms with Crippen molar-refractivity contribution < 1.29 is 9.62 Å². The summed E-state index contributed by atoms with van der Waals surface area (Å²) >= 11 is 3.44. The molecule has 2 rings (SSSR count). The zero-order valence-corrected chi connectivity index (χ0v) is 9.31. The highest BCUT2D eigenvalue weighted by Gasteiger charge is 2.06. The van der Waals surface area contributed by atoms with Gasteiger partial charge in [-0.25, -0.2) is 0 Å². The van der Waals surface area contributed by atoms with Crippen molar-refractivity contribution in [2.24, 2.45) is 5.16 Å². The van der Waals surface area contributed by atoms with Gasteiger partial charge < -0.3 is 9.62 Å². The van der Waals surface area contributed by atoms with Crippen LogP contribution in [0.15, 0.2) is 50.4 Å². The fourth-order valence-electron chi connectivity index (χ4n) is 1.28. The lowest BCUT2D eigenvalue weighted by atomic mass is 10.2. The first-order valence-electron chi connectivity index (χ1n) is 4.33. The number of oxime groups is 1. The normalized spacial score (nSPS) is 11.0. The Hall–Kier alpha value is -1.55. The van der Waals surface area contributed by atoms with Gasteiger partial charge in [0.2, 0.25) is 0 Å². The fraction of sp³-hybridized carbons (Fsp3) is 0. The molecule has 2 aromatic rings. The Kier molecular flexibility index (Phi) is 2.87. The number of nitrogens with zero attached hydrogens (tertiary/aromatic N) is 1. The molecule has 0 spiro atoms. The van der Waals surface area contributed by atoms with E-state index in [-0.39, 0.29) is 0 Å². The van der Waals surface area contributed by atoms with E-state index < -0.39 is 0 Å². The first kappa shape index (κ1) is 9.98. The molecule has 0 aliphatic carbocycles. The van der Waals surface area contributed by atoms with E-state index in [4.69, 9.17) is 9.62 Å². The maximum atomic E-state index is 8.35. The molecule has 0 fully saturated rings. The number of hydrogen-bond acceptors (Lipinski definition) is 3. The molecular formula is C11H8BrNO2. The van der Waals surface area contributed by atoms with Crippen LogP contribution in [0.5, 0.6) is 0 Å². The third-order valence-electron chi connectivity index (χ3n) is 1.95. The van der Waals surface area contributed by atoms with Gasteiger partial charge in [0.25, 0.3) is 0 Å². The van der Waals surface area contributed by atoms with E-state index in [0.717, 1.165) is 15.8 Å². The molecule has 3 nitrogen and oxygen atoms in total. The largest absolute Gasteiger partial charge is 0.455 e. The molecule has 0 amide bonds. The van der Waals surface area contributed by atoms with Gasteiger partial charge in [-0.05, 0) is 18.2 Å². The van der Waals surface area contributed by atoms with Crippen molar-refractivity contribution in [3.63, 3.8) is 0 Å². The monoisotopic (exact) mass is 265 g/mol. The van der Waals surface area contributed by atoms with E-state index in [2.05, 4.69) is 21.1 Å². The van der Waals surface area contributed by atoms with E-state index in [9.17, 15) is 0 Å². The summed E-state index contributed by atoms with van der Waals surface area (Å²) in [6, 6.07) is 11.3. The third kappa shape index (κ3) is 2.10. The summed E-state index contributed by atoms with van der Waals surface area (Å²) in [4.78, 5) is 0. The van der Waals surface area contributed by atoms with Crippen molar-refractivity contribution in [3.8, 4) is 11.3 Å². The molecule has 0 saturated heterocycles. The van der Waals surface area contributed by atoms with Crippen molar-refractivity contribution in [2.45, 2.75) is 0 Å². The predicted molar refractivity (Wildman–Crippen MR) is 61.2 cm³/mol. The SMILES string of the molecule is ON=Cc1ccc(-c2ccccc2Br)o1. The van der Waals surface area contributed by atoms with Crippen LogP contribution in [0.1, 0.15) is 5.76 Å². The molecular weight excluding hydrogens is 258 g/mol. The summed E-state index contributed by atoms with van der Waals surface area (Å²) in [5.74, 6) is 1.25. The predicted octanol–water partition coefficient (Wildman–Crippen LogP) is 3.52. The summed E-state index contributed by atoms with van der Waals surface area (Å²) in [6.07, 6.45) is 1.25. The quantitative estimate of drug-likeness (QED) is 0.513. The molecule has 0 radical (unpaired) electrons. The molecule has 0 aliphatic heterocycles. The van der Waals surface area contributed by atoms with Crippen LogP contribution in [0.3, 0.4) is 0 Å².